The number of nitrogen functional groups attached to an aromatic ring is 1. The number of hydrogen-bond donors (Lipinski definition) is 2. The van der Waals surface area contributed by atoms with E-state index in [2.05, 4.69) is 25.2 Å². The smallest absolute Gasteiger partial charge is 0.281 e. The first kappa shape index (κ1) is 13.4. The molecule has 1 aromatic heterocycles. The number of carbonyl (C=O) groups is 1. The van der Waals surface area contributed by atoms with Gasteiger partial charge in [0.25, 0.3) is 5.91 Å². The Balaban J connectivity index is 1.67. The van der Waals surface area contributed by atoms with Gasteiger partial charge in [-0.15, -0.1) is 0 Å². The zero-order chi connectivity index (χ0) is 14.7. The zero-order valence-electron chi connectivity index (χ0n) is 11.3. The van der Waals surface area contributed by atoms with Gasteiger partial charge < -0.3 is 20.7 Å². The summed E-state index contributed by atoms with van der Waals surface area (Å²) in [7, 11) is 0. The molecule has 8 nitrogen and oxygen atoms in total. The van der Waals surface area contributed by atoms with Gasteiger partial charge in [-0.25, -0.2) is 4.63 Å². The van der Waals surface area contributed by atoms with Crippen LogP contribution < -0.4 is 16.0 Å². The fourth-order valence-electron chi connectivity index (χ4n) is 2.12. The van der Waals surface area contributed by atoms with Crippen LogP contribution in [0.25, 0.3) is 0 Å². The highest BCUT2D eigenvalue weighted by molar-refractivity contribution is 6.05. The van der Waals surface area contributed by atoms with Crippen LogP contribution in [0, 0.1) is 0 Å². The molecule has 1 saturated heterocycles. The van der Waals surface area contributed by atoms with Crippen LogP contribution in [0.3, 0.4) is 0 Å². The van der Waals surface area contributed by atoms with E-state index >= 15 is 0 Å². The van der Waals surface area contributed by atoms with Crippen molar-refractivity contribution in [2.75, 3.05) is 42.3 Å². The minimum Gasteiger partial charge on any atom is -0.379 e. The third-order valence-electron chi connectivity index (χ3n) is 3.23. The van der Waals surface area contributed by atoms with Gasteiger partial charge in [0.15, 0.2) is 0 Å². The largest absolute Gasteiger partial charge is 0.379 e. The van der Waals surface area contributed by atoms with Crippen molar-refractivity contribution < 1.29 is 14.2 Å². The minimum absolute atomic E-state index is 0.0211. The van der Waals surface area contributed by atoms with E-state index in [-0.39, 0.29) is 11.5 Å². The molecule has 1 fully saturated rings. The van der Waals surface area contributed by atoms with Crippen LogP contribution in [-0.2, 0) is 4.74 Å². The SMILES string of the molecule is Nc1nonc1C(=O)Nc1ccc(N2CCOCC2)cc1. The number of aromatic nitrogens is 2. The number of benzene rings is 1. The molecule has 2 heterocycles. The average molecular weight is 289 g/mol. The number of nitrogens with zero attached hydrogens (tertiary/aromatic N) is 3. The molecule has 3 N–H and O–H groups in total. The van der Waals surface area contributed by atoms with Gasteiger partial charge in [0.2, 0.25) is 11.5 Å². The zero-order valence-corrected chi connectivity index (χ0v) is 11.3. The third-order valence-corrected chi connectivity index (χ3v) is 3.23. The lowest BCUT2D eigenvalue weighted by molar-refractivity contribution is 0.101. The summed E-state index contributed by atoms with van der Waals surface area (Å²) in [6.45, 7) is 3.20. The van der Waals surface area contributed by atoms with Gasteiger partial charge in [-0.05, 0) is 34.6 Å². The van der Waals surface area contributed by atoms with Crippen molar-refractivity contribution in [2.24, 2.45) is 0 Å². The molecule has 1 aromatic carbocycles. The van der Waals surface area contributed by atoms with Crippen molar-refractivity contribution >= 4 is 23.1 Å². The lowest BCUT2D eigenvalue weighted by Crippen LogP contribution is -2.36. The summed E-state index contributed by atoms with van der Waals surface area (Å²) in [5.74, 6) is -0.481. The lowest BCUT2D eigenvalue weighted by atomic mass is 10.2. The number of anilines is 3. The quantitative estimate of drug-likeness (QED) is 0.858. The van der Waals surface area contributed by atoms with E-state index in [1.54, 1.807) is 0 Å². The van der Waals surface area contributed by atoms with Crippen molar-refractivity contribution in [3.8, 4) is 0 Å². The number of nitrogens with one attached hydrogen (secondary N) is 1. The molecule has 0 bridgehead atoms. The molecule has 2 aromatic rings. The van der Waals surface area contributed by atoms with Crippen molar-refractivity contribution in [3.05, 3.63) is 30.0 Å². The van der Waals surface area contributed by atoms with Gasteiger partial charge in [0, 0.05) is 24.5 Å². The molecule has 0 spiro atoms. The Morgan fingerprint density at radius 2 is 1.90 bits per heavy atom. The molecule has 1 amide bonds. The maximum atomic E-state index is 11.9. The van der Waals surface area contributed by atoms with Crippen LogP contribution in [0.4, 0.5) is 17.2 Å². The topological polar surface area (TPSA) is 107 Å². The molecule has 0 saturated carbocycles. The predicted octanol–water partition coefficient (Wildman–Crippen LogP) is 0.741. The number of nitrogens with two attached hydrogens (primary N) is 1. The number of morpholine rings is 1. The van der Waals surface area contributed by atoms with E-state index in [0.29, 0.717) is 5.69 Å². The monoisotopic (exact) mass is 289 g/mol. The fourth-order valence-corrected chi connectivity index (χ4v) is 2.12. The van der Waals surface area contributed by atoms with Gasteiger partial charge >= 0.3 is 0 Å². The van der Waals surface area contributed by atoms with E-state index < -0.39 is 5.91 Å². The fraction of sp³-hybridized carbons (Fsp3) is 0.308. The Morgan fingerprint density at radius 1 is 1.19 bits per heavy atom. The van der Waals surface area contributed by atoms with Crippen LogP contribution in [0.1, 0.15) is 10.5 Å². The van der Waals surface area contributed by atoms with Crippen LogP contribution in [0.15, 0.2) is 28.9 Å². The first-order chi connectivity index (χ1) is 10.2. The third kappa shape index (κ3) is 2.95. The summed E-state index contributed by atoms with van der Waals surface area (Å²) in [5, 5.41) is 9.52. The Kier molecular flexibility index (Phi) is 3.69. The maximum absolute atomic E-state index is 11.9. The second kappa shape index (κ2) is 5.80. The highest BCUT2D eigenvalue weighted by atomic mass is 16.6. The molecule has 0 atom stereocenters. The molecule has 0 radical (unpaired) electrons. The second-order valence-electron chi connectivity index (χ2n) is 4.60. The highest BCUT2D eigenvalue weighted by Crippen LogP contribution is 2.19. The molecule has 8 heteroatoms. The van der Waals surface area contributed by atoms with E-state index in [9.17, 15) is 4.79 Å². The summed E-state index contributed by atoms with van der Waals surface area (Å²) >= 11 is 0. The van der Waals surface area contributed by atoms with Gasteiger partial charge in [-0.1, -0.05) is 0 Å². The molecule has 0 unspecified atom stereocenters. The average Bonchev–Trinajstić information content (AvgIpc) is 2.95. The van der Waals surface area contributed by atoms with Crippen LogP contribution in [0.5, 0.6) is 0 Å². The van der Waals surface area contributed by atoms with Gasteiger partial charge in [-0.2, -0.15) is 0 Å². The maximum Gasteiger partial charge on any atom is 0.281 e. The summed E-state index contributed by atoms with van der Waals surface area (Å²) in [5.41, 5.74) is 7.20. The van der Waals surface area contributed by atoms with Crippen molar-refractivity contribution in [2.45, 2.75) is 0 Å². The van der Waals surface area contributed by atoms with Gasteiger partial charge in [0.05, 0.1) is 13.2 Å². The van der Waals surface area contributed by atoms with Crippen LogP contribution >= 0.6 is 0 Å². The van der Waals surface area contributed by atoms with Crippen LogP contribution in [0.2, 0.25) is 0 Å². The highest BCUT2D eigenvalue weighted by Gasteiger charge is 2.16. The first-order valence-corrected chi connectivity index (χ1v) is 6.56. The molecule has 3 rings (SSSR count). The van der Waals surface area contributed by atoms with Crippen molar-refractivity contribution in [3.63, 3.8) is 0 Å². The standard InChI is InChI=1S/C13H15N5O3/c14-12-11(16-21-17-12)13(19)15-9-1-3-10(4-2-9)18-5-7-20-8-6-18/h1-4H,5-8H2,(H2,14,17)(H,15,19). The Bertz CT molecular complexity index is 619. The van der Waals surface area contributed by atoms with E-state index in [1.165, 1.54) is 0 Å². The first-order valence-electron chi connectivity index (χ1n) is 6.56. The number of carbonyl (C=O) groups excluding carboxylic acids is 1. The minimum atomic E-state index is -0.451. The number of ether oxygens (including phenoxy) is 1. The summed E-state index contributed by atoms with van der Waals surface area (Å²) in [6, 6.07) is 7.55. The number of rotatable bonds is 3. The number of amides is 1. The molecule has 110 valence electrons. The molecule has 21 heavy (non-hydrogen) atoms. The van der Waals surface area contributed by atoms with Crippen molar-refractivity contribution in [1.29, 1.82) is 0 Å². The summed E-state index contributed by atoms with van der Waals surface area (Å²) < 4.78 is 9.72. The van der Waals surface area contributed by atoms with Gasteiger partial charge in [-0.3, -0.25) is 4.79 Å². The predicted molar refractivity (Wildman–Crippen MR) is 76.1 cm³/mol. The van der Waals surface area contributed by atoms with E-state index in [0.717, 1.165) is 32.0 Å². The second-order valence-corrected chi connectivity index (χ2v) is 4.60. The van der Waals surface area contributed by atoms with Gasteiger partial charge in [0.1, 0.15) is 0 Å². The van der Waals surface area contributed by atoms with Crippen molar-refractivity contribution in [1.82, 2.24) is 10.3 Å². The molecular formula is C13H15N5O3. The molecule has 1 aliphatic heterocycles. The summed E-state index contributed by atoms with van der Waals surface area (Å²) in [6.07, 6.45) is 0. The Labute approximate surface area is 120 Å². The Hall–Kier alpha value is -2.61. The Morgan fingerprint density at radius 3 is 2.52 bits per heavy atom. The normalized spacial score (nSPS) is 15.0. The number of hydrogen-bond acceptors (Lipinski definition) is 7. The molecule has 0 aliphatic carbocycles. The lowest BCUT2D eigenvalue weighted by Gasteiger charge is -2.28. The molecule has 1 aliphatic rings. The molecular weight excluding hydrogens is 274 g/mol. The van der Waals surface area contributed by atoms with Crippen LogP contribution in [-0.4, -0.2) is 42.5 Å². The summed E-state index contributed by atoms with van der Waals surface area (Å²) in [4.78, 5) is 14.1. The van der Waals surface area contributed by atoms with E-state index in [1.807, 2.05) is 24.3 Å². The van der Waals surface area contributed by atoms with E-state index in [4.69, 9.17) is 10.5 Å².